The van der Waals surface area contributed by atoms with Crippen LogP contribution in [0, 0.1) is 10.8 Å². The number of amides is 2. The van der Waals surface area contributed by atoms with E-state index in [-0.39, 0.29) is 29.5 Å². The molecule has 0 radical (unpaired) electrons. The van der Waals surface area contributed by atoms with Crippen molar-refractivity contribution in [2.45, 2.75) is 52.1 Å². The summed E-state index contributed by atoms with van der Waals surface area (Å²) in [6.07, 6.45) is 8.00. The van der Waals surface area contributed by atoms with Gasteiger partial charge < -0.3 is 31.5 Å². The van der Waals surface area contributed by atoms with Crippen LogP contribution in [0.25, 0.3) is 0 Å². The molecule has 1 saturated heterocycles. The van der Waals surface area contributed by atoms with Gasteiger partial charge in [-0.25, -0.2) is 4.79 Å². The maximum atomic E-state index is 13.2. The Labute approximate surface area is 217 Å². The van der Waals surface area contributed by atoms with Crippen molar-refractivity contribution in [3.63, 3.8) is 0 Å². The number of amidine groups is 1. The molecule has 1 aromatic rings. The molecule has 0 bridgehead atoms. The van der Waals surface area contributed by atoms with Crippen LogP contribution in [0.15, 0.2) is 54.8 Å². The summed E-state index contributed by atoms with van der Waals surface area (Å²) >= 11 is 0. The number of aromatic carboxylic acids is 1. The molecule has 0 spiro atoms. The summed E-state index contributed by atoms with van der Waals surface area (Å²) in [6, 6.07) is 3.23. The van der Waals surface area contributed by atoms with E-state index in [0.717, 1.165) is 12.8 Å². The standard InChI is InChI=1S/C27H37N5O5/c1-5-18(9-8-11-23(28)29)30-25(35)21-10-6-7-14-32(21)20-13-12-17(15-19(20)26(36)37)24(34)31-22(16-33)27(2,3)4/h5,8-9,11-13,15,21-22,33H,1,6-7,10,14,16H2,2-4H3,(H3,28,29)(H,30,35)(H,31,34)(H,36,37)/b11-8+,18-9+. The van der Waals surface area contributed by atoms with Crippen molar-refractivity contribution in [2.75, 3.05) is 18.1 Å². The molecule has 2 rings (SSSR count). The highest BCUT2D eigenvalue weighted by Gasteiger charge is 2.32. The third kappa shape index (κ3) is 8.04. The molecule has 2 unspecified atom stereocenters. The number of carbonyl (C=O) groups excluding carboxylic acids is 2. The summed E-state index contributed by atoms with van der Waals surface area (Å²) in [6.45, 7) is 9.56. The number of nitrogens with one attached hydrogen (secondary N) is 3. The van der Waals surface area contributed by atoms with E-state index in [2.05, 4.69) is 17.2 Å². The van der Waals surface area contributed by atoms with E-state index in [9.17, 15) is 24.6 Å². The minimum absolute atomic E-state index is 0.0902. The van der Waals surface area contributed by atoms with Crippen LogP contribution >= 0.6 is 0 Å². The number of aliphatic hydroxyl groups excluding tert-OH is 1. The van der Waals surface area contributed by atoms with Gasteiger partial charge >= 0.3 is 5.97 Å². The van der Waals surface area contributed by atoms with Gasteiger partial charge in [0.1, 0.15) is 11.9 Å². The largest absolute Gasteiger partial charge is 0.478 e. The number of aliphatic hydroxyl groups is 1. The smallest absolute Gasteiger partial charge is 0.337 e. The van der Waals surface area contributed by atoms with Crippen LogP contribution in [0.5, 0.6) is 0 Å². The maximum Gasteiger partial charge on any atom is 0.337 e. The summed E-state index contributed by atoms with van der Waals surface area (Å²) in [5, 5.41) is 32.4. The molecular formula is C27H37N5O5. The molecule has 0 aliphatic carbocycles. The van der Waals surface area contributed by atoms with Crippen molar-refractivity contribution in [2.24, 2.45) is 11.1 Å². The zero-order valence-electron chi connectivity index (χ0n) is 21.6. The van der Waals surface area contributed by atoms with Crippen LogP contribution in [0.4, 0.5) is 5.69 Å². The molecule has 1 aliphatic heterocycles. The fourth-order valence-corrected chi connectivity index (χ4v) is 4.01. The van der Waals surface area contributed by atoms with Gasteiger partial charge in [0.15, 0.2) is 0 Å². The highest BCUT2D eigenvalue weighted by atomic mass is 16.4. The van der Waals surface area contributed by atoms with Gasteiger partial charge in [-0.05, 0) is 61.1 Å². The number of benzene rings is 1. The molecule has 200 valence electrons. The van der Waals surface area contributed by atoms with Gasteiger partial charge in [-0.15, -0.1) is 0 Å². The molecule has 10 heteroatoms. The Hall–Kier alpha value is -3.92. The van der Waals surface area contributed by atoms with Gasteiger partial charge in [-0.3, -0.25) is 15.0 Å². The molecule has 1 aromatic carbocycles. The molecule has 0 aromatic heterocycles. The summed E-state index contributed by atoms with van der Waals surface area (Å²) in [4.78, 5) is 40.0. The zero-order chi connectivity index (χ0) is 27.8. The number of piperidine rings is 1. The summed E-state index contributed by atoms with van der Waals surface area (Å²) in [5.41, 5.74) is 5.73. The number of hydrogen-bond acceptors (Lipinski definition) is 6. The Morgan fingerprint density at radius 2 is 2.00 bits per heavy atom. The third-order valence-corrected chi connectivity index (χ3v) is 6.18. The second-order valence-electron chi connectivity index (χ2n) is 9.95. The first kappa shape index (κ1) is 29.3. The first-order valence-corrected chi connectivity index (χ1v) is 12.1. The highest BCUT2D eigenvalue weighted by molar-refractivity contribution is 6.01. The van der Waals surface area contributed by atoms with E-state index in [1.165, 1.54) is 30.4 Å². The minimum Gasteiger partial charge on any atom is -0.478 e. The second kappa shape index (κ2) is 12.9. The van der Waals surface area contributed by atoms with Gasteiger partial charge in [-0.2, -0.15) is 0 Å². The SMILES string of the molecule is C=C/C(=C\C=C\C(=N)N)NC(=O)C1CCCCN1c1ccc(C(=O)NC(CO)C(C)(C)C)cc1C(=O)O. The predicted octanol–water partition coefficient (Wildman–Crippen LogP) is 2.56. The topological polar surface area (TPSA) is 169 Å². The average molecular weight is 512 g/mol. The van der Waals surface area contributed by atoms with Crippen LogP contribution in [-0.2, 0) is 4.79 Å². The number of nitrogens with zero attached hydrogens (tertiary/aromatic N) is 1. The van der Waals surface area contributed by atoms with E-state index in [1.807, 2.05) is 20.8 Å². The van der Waals surface area contributed by atoms with E-state index >= 15 is 0 Å². The Morgan fingerprint density at radius 3 is 2.57 bits per heavy atom. The van der Waals surface area contributed by atoms with Crippen LogP contribution in [0.1, 0.15) is 60.7 Å². The number of hydrogen-bond donors (Lipinski definition) is 6. The lowest BCUT2D eigenvalue weighted by Crippen LogP contribution is -2.50. The van der Waals surface area contributed by atoms with Crippen LogP contribution in [0.2, 0.25) is 0 Å². The number of carboxylic acids is 1. The van der Waals surface area contributed by atoms with Crippen molar-refractivity contribution in [1.29, 1.82) is 5.41 Å². The zero-order valence-corrected chi connectivity index (χ0v) is 21.6. The number of carboxylic acid groups (broad SMARTS) is 1. The average Bonchev–Trinajstić information content (AvgIpc) is 2.85. The van der Waals surface area contributed by atoms with E-state index in [1.54, 1.807) is 17.0 Å². The molecule has 1 fully saturated rings. The van der Waals surface area contributed by atoms with Gasteiger partial charge in [-0.1, -0.05) is 33.4 Å². The van der Waals surface area contributed by atoms with Gasteiger partial charge in [0.2, 0.25) is 5.91 Å². The number of nitrogens with two attached hydrogens (primary N) is 1. The Bertz CT molecular complexity index is 1100. The van der Waals surface area contributed by atoms with E-state index in [0.29, 0.717) is 24.4 Å². The number of allylic oxidation sites excluding steroid dienone is 3. The minimum atomic E-state index is -1.22. The molecule has 2 amide bonds. The summed E-state index contributed by atoms with van der Waals surface area (Å²) < 4.78 is 0. The number of anilines is 1. The lowest BCUT2D eigenvalue weighted by atomic mass is 9.87. The first-order chi connectivity index (χ1) is 17.4. The summed E-state index contributed by atoms with van der Waals surface area (Å²) in [7, 11) is 0. The van der Waals surface area contributed by atoms with Crippen molar-refractivity contribution >= 4 is 29.3 Å². The lowest BCUT2D eigenvalue weighted by Gasteiger charge is -2.37. The Morgan fingerprint density at radius 1 is 1.30 bits per heavy atom. The first-order valence-electron chi connectivity index (χ1n) is 12.1. The molecular weight excluding hydrogens is 474 g/mol. The van der Waals surface area contributed by atoms with Gasteiger partial charge in [0.25, 0.3) is 5.91 Å². The normalized spacial score (nSPS) is 17.2. The quantitative estimate of drug-likeness (QED) is 0.159. The van der Waals surface area contributed by atoms with Crippen molar-refractivity contribution in [1.82, 2.24) is 10.6 Å². The molecule has 2 atom stereocenters. The van der Waals surface area contributed by atoms with Crippen molar-refractivity contribution in [3.05, 3.63) is 65.9 Å². The fraction of sp³-hybridized carbons (Fsp3) is 0.407. The number of rotatable bonds is 10. The molecule has 7 N–H and O–H groups in total. The van der Waals surface area contributed by atoms with Crippen molar-refractivity contribution < 1.29 is 24.6 Å². The monoisotopic (exact) mass is 511 g/mol. The van der Waals surface area contributed by atoms with E-state index < -0.39 is 29.4 Å². The molecule has 1 aliphatic rings. The number of carbonyl (C=O) groups is 3. The maximum absolute atomic E-state index is 13.2. The highest BCUT2D eigenvalue weighted by Crippen LogP contribution is 2.30. The second-order valence-corrected chi connectivity index (χ2v) is 9.95. The predicted molar refractivity (Wildman–Crippen MR) is 144 cm³/mol. The van der Waals surface area contributed by atoms with Gasteiger partial charge in [0, 0.05) is 17.8 Å². The molecule has 1 heterocycles. The Kier molecular flexibility index (Phi) is 10.2. The summed E-state index contributed by atoms with van der Waals surface area (Å²) in [5.74, 6) is -2.16. The molecule has 10 nitrogen and oxygen atoms in total. The van der Waals surface area contributed by atoms with E-state index in [4.69, 9.17) is 11.1 Å². The molecule has 0 saturated carbocycles. The third-order valence-electron chi connectivity index (χ3n) is 6.18. The van der Waals surface area contributed by atoms with Crippen LogP contribution in [0.3, 0.4) is 0 Å². The van der Waals surface area contributed by atoms with Crippen LogP contribution < -0.4 is 21.3 Å². The van der Waals surface area contributed by atoms with Crippen molar-refractivity contribution in [3.8, 4) is 0 Å². The van der Waals surface area contributed by atoms with Gasteiger partial charge in [0.05, 0.1) is 23.9 Å². The van der Waals surface area contributed by atoms with Crippen LogP contribution in [-0.4, -0.2) is 59.1 Å². The fourth-order valence-electron chi connectivity index (χ4n) is 4.01. The lowest BCUT2D eigenvalue weighted by molar-refractivity contribution is -0.122. The Balaban J connectivity index is 2.35. The molecule has 37 heavy (non-hydrogen) atoms.